The highest BCUT2D eigenvalue weighted by molar-refractivity contribution is 7.99. The highest BCUT2D eigenvalue weighted by Crippen LogP contribution is 2.01. The van der Waals surface area contributed by atoms with E-state index in [0.29, 0.717) is 18.5 Å². The van der Waals surface area contributed by atoms with Crippen LogP contribution in [0.15, 0.2) is 0 Å². The van der Waals surface area contributed by atoms with Crippen LogP contribution >= 0.6 is 11.8 Å². The Hall–Kier alpha value is -0.220. The van der Waals surface area contributed by atoms with Gasteiger partial charge < -0.3 is 10.6 Å². The zero-order chi connectivity index (χ0) is 12.6. The summed E-state index contributed by atoms with van der Waals surface area (Å²) in [6.45, 7) is 10.9. The summed E-state index contributed by atoms with van der Waals surface area (Å²) in [5.74, 6) is 2.76. The minimum atomic E-state index is 0.0922. The van der Waals surface area contributed by atoms with Gasteiger partial charge in [-0.25, -0.2) is 0 Å². The lowest BCUT2D eigenvalue weighted by Crippen LogP contribution is -2.43. The molecule has 0 fully saturated rings. The van der Waals surface area contributed by atoms with Crippen LogP contribution in [0, 0.1) is 5.92 Å². The molecule has 0 bridgehead atoms. The Bertz CT molecular complexity index is 197. The summed E-state index contributed by atoms with van der Waals surface area (Å²) in [6.07, 6.45) is 0. The largest absolute Gasteiger partial charge is 0.352 e. The van der Waals surface area contributed by atoms with Gasteiger partial charge in [0.25, 0.3) is 0 Å². The molecule has 0 saturated heterocycles. The van der Waals surface area contributed by atoms with Crippen LogP contribution in [0.3, 0.4) is 0 Å². The van der Waals surface area contributed by atoms with Crippen molar-refractivity contribution in [3.63, 3.8) is 0 Å². The van der Waals surface area contributed by atoms with Crippen molar-refractivity contribution in [1.82, 2.24) is 10.6 Å². The number of hydrogen-bond acceptors (Lipinski definition) is 3. The SMILES string of the molecule is CCSCC(C)NCC(=O)NC(C)C(C)C. The third-order valence-electron chi connectivity index (χ3n) is 2.57. The standard InChI is InChI=1S/C12H26N2OS/c1-6-16-8-10(4)13-7-12(15)14-11(5)9(2)3/h9-11,13H,6-8H2,1-5H3,(H,14,15). The average molecular weight is 246 g/mol. The van der Waals surface area contributed by atoms with Gasteiger partial charge in [-0.2, -0.15) is 11.8 Å². The maximum atomic E-state index is 11.6. The van der Waals surface area contributed by atoms with Gasteiger partial charge >= 0.3 is 0 Å². The molecule has 2 N–H and O–H groups in total. The molecule has 0 radical (unpaired) electrons. The maximum absolute atomic E-state index is 11.6. The van der Waals surface area contributed by atoms with E-state index in [9.17, 15) is 4.79 Å². The van der Waals surface area contributed by atoms with E-state index in [1.165, 1.54) is 0 Å². The first-order valence-corrected chi connectivity index (χ1v) is 7.23. The van der Waals surface area contributed by atoms with Gasteiger partial charge in [-0.3, -0.25) is 4.79 Å². The Kier molecular flexibility index (Phi) is 8.76. The van der Waals surface area contributed by atoms with E-state index in [1.54, 1.807) is 0 Å². The van der Waals surface area contributed by atoms with Gasteiger partial charge in [-0.15, -0.1) is 0 Å². The summed E-state index contributed by atoms with van der Waals surface area (Å²) in [5, 5.41) is 6.21. The molecule has 0 aromatic rings. The van der Waals surface area contributed by atoms with Crippen molar-refractivity contribution in [2.24, 2.45) is 5.92 Å². The molecule has 96 valence electrons. The molecule has 0 saturated carbocycles. The van der Waals surface area contributed by atoms with Gasteiger partial charge in [0.2, 0.25) is 5.91 Å². The summed E-state index contributed by atoms with van der Waals surface area (Å²) in [7, 11) is 0. The van der Waals surface area contributed by atoms with E-state index in [2.05, 4.69) is 38.3 Å². The van der Waals surface area contributed by atoms with Crippen LogP contribution in [0.25, 0.3) is 0 Å². The van der Waals surface area contributed by atoms with Crippen molar-refractivity contribution in [1.29, 1.82) is 0 Å². The Morgan fingerprint density at radius 1 is 1.25 bits per heavy atom. The summed E-state index contributed by atoms with van der Waals surface area (Å²) >= 11 is 1.89. The molecule has 2 atom stereocenters. The highest BCUT2D eigenvalue weighted by atomic mass is 32.2. The first kappa shape index (κ1) is 15.8. The summed E-state index contributed by atoms with van der Waals surface area (Å²) in [5.41, 5.74) is 0. The molecule has 2 unspecified atom stereocenters. The number of rotatable bonds is 8. The fourth-order valence-corrected chi connectivity index (χ4v) is 1.80. The second-order valence-electron chi connectivity index (χ2n) is 4.54. The molecule has 0 heterocycles. The fourth-order valence-electron chi connectivity index (χ4n) is 1.09. The van der Waals surface area contributed by atoms with Crippen molar-refractivity contribution in [3.8, 4) is 0 Å². The first-order chi connectivity index (χ1) is 7.47. The first-order valence-electron chi connectivity index (χ1n) is 6.07. The zero-order valence-corrected chi connectivity index (χ0v) is 12.0. The maximum Gasteiger partial charge on any atom is 0.234 e. The molecule has 3 nitrogen and oxygen atoms in total. The van der Waals surface area contributed by atoms with E-state index >= 15 is 0 Å². The topological polar surface area (TPSA) is 41.1 Å². The number of amides is 1. The molecule has 0 aromatic carbocycles. The molecular weight excluding hydrogens is 220 g/mol. The normalized spacial score (nSPS) is 14.9. The van der Waals surface area contributed by atoms with E-state index in [4.69, 9.17) is 0 Å². The Labute approximate surface area is 104 Å². The molecule has 4 heteroatoms. The lowest BCUT2D eigenvalue weighted by Gasteiger charge is -2.19. The van der Waals surface area contributed by atoms with Gasteiger partial charge in [0.1, 0.15) is 0 Å². The van der Waals surface area contributed by atoms with Crippen LogP contribution in [-0.4, -0.2) is 36.0 Å². The van der Waals surface area contributed by atoms with Crippen LogP contribution in [-0.2, 0) is 4.79 Å². The van der Waals surface area contributed by atoms with Crippen molar-refractivity contribution in [2.45, 2.75) is 46.7 Å². The van der Waals surface area contributed by atoms with Crippen molar-refractivity contribution in [3.05, 3.63) is 0 Å². The minimum Gasteiger partial charge on any atom is -0.352 e. The predicted octanol–water partition coefficient (Wildman–Crippen LogP) is 1.88. The van der Waals surface area contributed by atoms with E-state index in [-0.39, 0.29) is 11.9 Å². The number of carbonyl (C=O) groups excluding carboxylic acids is 1. The minimum absolute atomic E-state index is 0.0922. The summed E-state index contributed by atoms with van der Waals surface area (Å²) < 4.78 is 0. The van der Waals surface area contributed by atoms with Crippen LogP contribution < -0.4 is 10.6 Å². The molecule has 0 aromatic heterocycles. The number of hydrogen-bond donors (Lipinski definition) is 2. The lowest BCUT2D eigenvalue weighted by atomic mass is 10.1. The third kappa shape index (κ3) is 7.99. The molecular formula is C12H26N2OS. The van der Waals surface area contributed by atoms with E-state index < -0.39 is 0 Å². The van der Waals surface area contributed by atoms with Crippen molar-refractivity contribution < 1.29 is 4.79 Å². The van der Waals surface area contributed by atoms with Gasteiger partial charge in [-0.1, -0.05) is 20.8 Å². The van der Waals surface area contributed by atoms with Gasteiger partial charge in [-0.05, 0) is 25.5 Å². The Balaban J connectivity index is 3.64. The quantitative estimate of drug-likeness (QED) is 0.687. The monoisotopic (exact) mass is 246 g/mol. The molecule has 0 spiro atoms. The molecule has 0 aliphatic rings. The molecule has 0 aliphatic carbocycles. The number of nitrogens with one attached hydrogen (secondary N) is 2. The smallest absolute Gasteiger partial charge is 0.234 e. The Morgan fingerprint density at radius 3 is 2.38 bits per heavy atom. The summed E-state index contributed by atoms with van der Waals surface area (Å²) in [6, 6.07) is 0.639. The third-order valence-corrected chi connectivity index (χ3v) is 3.72. The number of thioether (sulfide) groups is 1. The predicted molar refractivity (Wildman–Crippen MR) is 72.9 cm³/mol. The number of carbonyl (C=O) groups is 1. The molecule has 0 aliphatic heterocycles. The highest BCUT2D eigenvalue weighted by Gasteiger charge is 2.11. The fraction of sp³-hybridized carbons (Fsp3) is 0.917. The van der Waals surface area contributed by atoms with Crippen molar-refractivity contribution in [2.75, 3.05) is 18.1 Å². The van der Waals surface area contributed by atoms with Gasteiger partial charge in [0, 0.05) is 17.8 Å². The zero-order valence-electron chi connectivity index (χ0n) is 11.2. The second-order valence-corrected chi connectivity index (χ2v) is 5.86. The van der Waals surface area contributed by atoms with Gasteiger partial charge in [0.05, 0.1) is 6.54 Å². The molecule has 0 rings (SSSR count). The molecule has 16 heavy (non-hydrogen) atoms. The lowest BCUT2D eigenvalue weighted by molar-refractivity contribution is -0.121. The average Bonchev–Trinajstić information content (AvgIpc) is 2.23. The van der Waals surface area contributed by atoms with Crippen LogP contribution in [0.2, 0.25) is 0 Å². The van der Waals surface area contributed by atoms with Crippen molar-refractivity contribution >= 4 is 17.7 Å². The second kappa shape index (κ2) is 8.88. The van der Waals surface area contributed by atoms with Gasteiger partial charge in [0.15, 0.2) is 0 Å². The Morgan fingerprint density at radius 2 is 1.88 bits per heavy atom. The van der Waals surface area contributed by atoms with Crippen LogP contribution in [0.5, 0.6) is 0 Å². The summed E-state index contributed by atoms with van der Waals surface area (Å²) in [4.78, 5) is 11.6. The van der Waals surface area contributed by atoms with Crippen LogP contribution in [0.1, 0.15) is 34.6 Å². The molecule has 1 amide bonds. The van der Waals surface area contributed by atoms with Crippen LogP contribution in [0.4, 0.5) is 0 Å². The van der Waals surface area contributed by atoms with E-state index in [1.807, 2.05) is 18.7 Å². The van der Waals surface area contributed by atoms with E-state index in [0.717, 1.165) is 11.5 Å².